The second-order valence-corrected chi connectivity index (χ2v) is 5.08. The fourth-order valence-electron chi connectivity index (χ4n) is 1.85. The van der Waals surface area contributed by atoms with Crippen LogP contribution < -0.4 is 19.6 Å². The van der Waals surface area contributed by atoms with Crippen molar-refractivity contribution in [2.45, 2.75) is 0 Å². The lowest BCUT2D eigenvalue weighted by atomic mass is 10.2. The average molecular weight is 304 g/mol. The minimum atomic E-state index is -0.242. The Hall–Kier alpha value is -2.54. The SMILES string of the molecule is COc1cc(C=NNC(=O)c2cccs2)cc2c1OCO2. The van der Waals surface area contributed by atoms with E-state index in [0.29, 0.717) is 22.1 Å². The fourth-order valence-corrected chi connectivity index (χ4v) is 2.47. The molecule has 0 spiro atoms. The minimum absolute atomic E-state index is 0.168. The third-order valence-electron chi connectivity index (χ3n) is 2.81. The third kappa shape index (κ3) is 2.82. The number of benzene rings is 1. The van der Waals surface area contributed by atoms with Crippen LogP contribution in [0.2, 0.25) is 0 Å². The van der Waals surface area contributed by atoms with Gasteiger partial charge in [-0.1, -0.05) is 6.07 Å². The van der Waals surface area contributed by atoms with Gasteiger partial charge in [0, 0.05) is 5.56 Å². The van der Waals surface area contributed by atoms with Gasteiger partial charge in [0.15, 0.2) is 11.5 Å². The van der Waals surface area contributed by atoms with Crippen molar-refractivity contribution in [3.63, 3.8) is 0 Å². The van der Waals surface area contributed by atoms with Crippen LogP contribution in [-0.2, 0) is 0 Å². The summed E-state index contributed by atoms with van der Waals surface area (Å²) in [7, 11) is 1.55. The quantitative estimate of drug-likeness (QED) is 0.695. The number of methoxy groups -OCH3 is 1. The molecule has 1 aromatic carbocycles. The summed E-state index contributed by atoms with van der Waals surface area (Å²) in [4.78, 5) is 12.3. The Kier molecular flexibility index (Phi) is 3.74. The Balaban J connectivity index is 1.73. The summed E-state index contributed by atoms with van der Waals surface area (Å²) in [6.07, 6.45) is 1.52. The summed E-state index contributed by atoms with van der Waals surface area (Å²) in [5.74, 6) is 1.50. The highest BCUT2D eigenvalue weighted by atomic mass is 32.1. The van der Waals surface area contributed by atoms with E-state index in [2.05, 4.69) is 10.5 Å². The molecule has 3 rings (SSSR count). The van der Waals surface area contributed by atoms with Crippen LogP contribution in [-0.4, -0.2) is 26.0 Å². The zero-order valence-electron chi connectivity index (χ0n) is 11.2. The van der Waals surface area contributed by atoms with Crippen LogP contribution in [0.5, 0.6) is 17.2 Å². The average Bonchev–Trinajstić information content (AvgIpc) is 3.17. The van der Waals surface area contributed by atoms with Crippen molar-refractivity contribution < 1.29 is 19.0 Å². The monoisotopic (exact) mass is 304 g/mol. The first-order valence-corrected chi connectivity index (χ1v) is 7.00. The number of nitrogens with one attached hydrogen (secondary N) is 1. The predicted octanol–water partition coefficient (Wildman–Crippen LogP) is 2.25. The Morgan fingerprint density at radius 3 is 3.14 bits per heavy atom. The van der Waals surface area contributed by atoms with Crippen molar-refractivity contribution in [2.75, 3.05) is 13.9 Å². The Morgan fingerprint density at radius 1 is 1.48 bits per heavy atom. The van der Waals surface area contributed by atoms with E-state index in [4.69, 9.17) is 14.2 Å². The molecule has 1 aliphatic heterocycles. The molecular formula is C14H12N2O4S. The first-order valence-electron chi connectivity index (χ1n) is 6.12. The van der Waals surface area contributed by atoms with Crippen molar-refractivity contribution in [2.24, 2.45) is 5.10 Å². The van der Waals surface area contributed by atoms with Gasteiger partial charge in [0.25, 0.3) is 5.91 Å². The first-order chi connectivity index (χ1) is 10.3. The van der Waals surface area contributed by atoms with Crippen molar-refractivity contribution in [3.05, 3.63) is 40.1 Å². The highest BCUT2D eigenvalue weighted by Crippen LogP contribution is 2.41. The van der Waals surface area contributed by atoms with E-state index >= 15 is 0 Å². The van der Waals surface area contributed by atoms with Crippen LogP contribution in [0.25, 0.3) is 0 Å². The van der Waals surface area contributed by atoms with Crippen LogP contribution in [0.3, 0.4) is 0 Å². The van der Waals surface area contributed by atoms with E-state index in [1.165, 1.54) is 17.6 Å². The van der Waals surface area contributed by atoms with Crippen LogP contribution in [0.4, 0.5) is 0 Å². The number of carbonyl (C=O) groups is 1. The number of hydrogen-bond acceptors (Lipinski definition) is 6. The number of nitrogens with zero attached hydrogens (tertiary/aromatic N) is 1. The summed E-state index contributed by atoms with van der Waals surface area (Å²) < 4.78 is 15.9. The van der Waals surface area contributed by atoms with Crippen LogP contribution >= 0.6 is 11.3 Å². The van der Waals surface area contributed by atoms with Gasteiger partial charge in [0.1, 0.15) is 0 Å². The van der Waals surface area contributed by atoms with Crippen molar-refractivity contribution in [3.8, 4) is 17.2 Å². The molecule has 108 valence electrons. The minimum Gasteiger partial charge on any atom is -0.493 e. The van der Waals surface area contributed by atoms with Gasteiger partial charge in [-0.15, -0.1) is 11.3 Å². The number of hydrogen-bond donors (Lipinski definition) is 1. The van der Waals surface area contributed by atoms with Gasteiger partial charge in [0.05, 0.1) is 18.2 Å². The molecule has 1 aliphatic rings. The molecule has 0 saturated carbocycles. The first kappa shape index (κ1) is 13.4. The van der Waals surface area contributed by atoms with Crippen molar-refractivity contribution >= 4 is 23.5 Å². The van der Waals surface area contributed by atoms with E-state index in [9.17, 15) is 4.79 Å². The van der Waals surface area contributed by atoms with Crippen LogP contribution in [0.15, 0.2) is 34.7 Å². The number of rotatable bonds is 4. The number of ether oxygens (including phenoxy) is 3. The molecule has 6 nitrogen and oxygen atoms in total. The van der Waals surface area contributed by atoms with Gasteiger partial charge in [-0.3, -0.25) is 4.79 Å². The molecule has 7 heteroatoms. The van der Waals surface area contributed by atoms with E-state index < -0.39 is 0 Å². The molecule has 0 unspecified atom stereocenters. The molecular weight excluding hydrogens is 292 g/mol. The number of fused-ring (bicyclic) bond motifs is 1. The molecule has 0 radical (unpaired) electrons. The van der Waals surface area contributed by atoms with Gasteiger partial charge in [-0.2, -0.15) is 5.10 Å². The Morgan fingerprint density at radius 2 is 2.38 bits per heavy atom. The number of amides is 1. The molecule has 0 fully saturated rings. The lowest BCUT2D eigenvalue weighted by Gasteiger charge is -2.05. The standard InChI is InChI=1S/C14H12N2O4S/c1-18-10-5-9(6-11-13(10)20-8-19-11)7-15-16-14(17)12-3-2-4-21-12/h2-7H,8H2,1H3,(H,16,17). The Labute approximate surface area is 125 Å². The van der Waals surface area contributed by atoms with E-state index in [1.54, 1.807) is 25.3 Å². The van der Waals surface area contributed by atoms with Crippen LogP contribution in [0.1, 0.15) is 15.2 Å². The molecule has 0 saturated heterocycles. The highest BCUT2D eigenvalue weighted by Gasteiger charge is 2.19. The van der Waals surface area contributed by atoms with Crippen LogP contribution in [0, 0.1) is 0 Å². The highest BCUT2D eigenvalue weighted by molar-refractivity contribution is 7.12. The van der Waals surface area contributed by atoms with Gasteiger partial charge in [-0.25, -0.2) is 5.43 Å². The molecule has 1 N–H and O–H groups in total. The van der Waals surface area contributed by atoms with Crippen molar-refractivity contribution in [1.82, 2.24) is 5.43 Å². The summed E-state index contributed by atoms with van der Waals surface area (Å²) in [5, 5.41) is 5.76. The summed E-state index contributed by atoms with van der Waals surface area (Å²) in [6, 6.07) is 7.07. The summed E-state index contributed by atoms with van der Waals surface area (Å²) in [5.41, 5.74) is 3.21. The number of carbonyl (C=O) groups excluding carboxylic acids is 1. The zero-order chi connectivity index (χ0) is 14.7. The molecule has 2 heterocycles. The fraction of sp³-hybridized carbons (Fsp3) is 0.143. The smallest absolute Gasteiger partial charge is 0.281 e. The maximum Gasteiger partial charge on any atom is 0.281 e. The third-order valence-corrected chi connectivity index (χ3v) is 3.67. The molecule has 1 amide bonds. The number of hydrazone groups is 1. The van der Waals surface area contributed by atoms with Gasteiger partial charge >= 0.3 is 0 Å². The van der Waals surface area contributed by atoms with E-state index in [-0.39, 0.29) is 12.7 Å². The maximum atomic E-state index is 11.7. The zero-order valence-corrected chi connectivity index (χ0v) is 12.0. The van der Waals surface area contributed by atoms with Crippen molar-refractivity contribution in [1.29, 1.82) is 0 Å². The molecule has 0 atom stereocenters. The summed E-state index contributed by atoms with van der Waals surface area (Å²) in [6.45, 7) is 0.168. The lowest BCUT2D eigenvalue weighted by molar-refractivity contribution is 0.0959. The van der Waals surface area contributed by atoms with Gasteiger partial charge in [-0.05, 0) is 23.6 Å². The molecule has 21 heavy (non-hydrogen) atoms. The second-order valence-electron chi connectivity index (χ2n) is 4.13. The van der Waals surface area contributed by atoms with E-state index in [0.717, 1.165) is 5.56 Å². The molecule has 0 bridgehead atoms. The topological polar surface area (TPSA) is 69.2 Å². The molecule has 2 aromatic rings. The van der Waals surface area contributed by atoms with Gasteiger partial charge in [0.2, 0.25) is 12.5 Å². The van der Waals surface area contributed by atoms with E-state index in [1.807, 2.05) is 11.4 Å². The normalized spacial score (nSPS) is 12.6. The maximum absolute atomic E-state index is 11.7. The Bertz CT molecular complexity index is 683. The lowest BCUT2D eigenvalue weighted by Crippen LogP contribution is -2.16. The predicted molar refractivity (Wildman–Crippen MR) is 78.5 cm³/mol. The summed E-state index contributed by atoms with van der Waals surface area (Å²) >= 11 is 1.36. The molecule has 0 aliphatic carbocycles. The number of thiophene rings is 1. The van der Waals surface area contributed by atoms with Gasteiger partial charge < -0.3 is 14.2 Å². The largest absolute Gasteiger partial charge is 0.493 e. The second kappa shape index (κ2) is 5.84. The molecule has 1 aromatic heterocycles.